The smallest absolute Gasteiger partial charge is 0.0357 e. The molecule has 0 atom stereocenters. The summed E-state index contributed by atoms with van der Waals surface area (Å²) in [5.41, 5.74) is 0. The molecule has 0 unspecified atom stereocenters. The topological polar surface area (TPSA) is 3.24 Å². The Labute approximate surface area is 50.3 Å². The molecular formula is C7H10N. The summed E-state index contributed by atoms with van der Waals surface area (Å²) in [6.45, 7) is 5.63. The second kappa shape index (κ2) is 2.55. The fourth-order valence-corrected chi connectivity index (χ4v) is 0.673. The molecule has 1 radical (unpaired) electrons. The maximum Gasteiger partial charge on any atom is 0.0357 e. The highest BCUT2D eigenvalue weighted by atomic mass is 15.1. The summed E-state index contributed by atoms with van der Waals surface area (Å²) in [6, 6.07) is 0. The first-order valence-electron chi connectivity index (χ1n) is 2.80. The minimum absolute atomic E-state index is 0.862. The van der Waals surface area contributed by atoms with Crippen LogP contribution < -0.4 is 0 Å². The van der Waals surface area contributed by atoms with E-state index in [1.54, 1.807) is 0 Å². The van der Waals surface area contributed by atoms with E-state index in [1.807, 2.05) is 18.4 Å². The van der Waals surface area contributed by atoms with Crippen molar-refractivity contribution in [2.75, 3.05) is 13.1 Å². The Bertz CT molecular complexity index is 114. The van der Waals surface area contributed by atoms with E-state index in [2.05, 4.69) is 17.9 Å². The Kier molecular flexibility index (Phi) is 1.73. The molecule has 0 aliphatic carbocycles. The minimum Gasteiger partial charge on any atom is -0.374 e. The predicted molar refractivity (Wildman–Crippen MR) is 35.2 cm³/mol. The van der Waals surface area contributed by atoms with Crippen molar-refractivity contribution >= 4 is 0 Å². The van der Waals surface area contributed by atoms with Crippen LogP contribution >= 0.6 is 0 Å². The maximum atomic E-state index is 3.75. The van der Waals surface area contributed by atoms with Gasteiger partial charge in [0.15, 0.2) is 0 Å². The van der Waals surface area contributed by atoms with Crippen molar-refractivity contribution in [3.05, 3.63) is 31.4 Å². The van der Waals surface area contributed by atoms with Gasteiger partial charge in [-0.1, -0.05) is 12.2 Å². The average Bonchev–Trinajstić information content (AvgIpc) is 1.90. The third kappa shape index (κ3) is 1.12. The van der Waals surface area contributed by atoms with E-state index >= 15 is 0 Å². The summed E-state index contributed by atoms with van der Waals surface area (Å²) in [6.07, 6.45) is 8.24. The van der Waals surface area contributed by atoms with E-state index in [4.69, 9.17) is 0 Å². The van der Waals surface area contributed by atoms with Gasteiger partial charge in [-0.05, 0) is 19.2 Å². The maximum absolute atomic E-state index is 3.75. The van der Waals surface area contributed by atoms with Gasteiger partial charge in [0.25, 0.3) is 0 Å². The fourth-order valence-electron chi connectivity index (χ4n) is 0.673. The van der Waals surface area contributed by atoms with Crippen LogP contribution in [0.2, 0.25) is 0 Å². The Morgan fingerprint density at radius 3 is 2.75 bits per heavy atom. The van der Waals surface area contributed by atoms with Gasteiger partial charge in [-0.3, -0.25) is 0 Å². The lowest BCUT2D eigenvalue weighted by molar-refractivity contribution is 0.456. The molecule has 0 aromatic heterocycles. The van der Waals surface area contributed by atoms with Gasteiger partial charge in [-0.15, -0.1) is 0 Å². The van der Waals surface area contributed by atoms with Crippen LogP contribution in [0.5, 0.6) is 0 Å². The third-order valence-electron chi connectivity index (χ3n) is 1.17. The van der Waals surface area contributed by atoms with Gasteiger partial charge < -0.3 is 4.90 Å². The highest BCUT2D eigenvalue weighted by Gasteiger charge is 1.91. The zero-order valence-corrected chi connectivity index (χ0v) is 4.88. The molecule has 0 aromatic carbocycles. The molecule has 0 amide bonds. The van der Waals surface area contributed by atoms with Crippen LogP contribution in [0.4, 0.5) is 0 Å². The van der Waals surface area contributed by atoms with E-state index in [-0.39, 0.29) is 0 Å². The van der Waals surface area contributed by atoms with Crippen LogP contribution in [-0.2, 0) is 0 Å². The van der Waals surface area contributed by atoms with Crippen molar-refractivity contribution in [3.8, 4) is 0 Å². The van der Waals surface area contributed by atoms with Crippen LogP contribution in [0.15, 0.2) is 24.4 Å². The number of hydrogen-bond acceptors (Lipinski definition) is 1. The molecule has 1 rings (SSSR count). The molecule has 1 heteroatoms. The Hall–Kier alpha value is -0.720. The van der Waals surface area contributed by atoms with Crippen LogP contribution in [0.1, 0.15) is 0 Å². The molecule has 0 spiro atoms. The van der Waals surface area contributed by atoms with Gasteiger partial charge in [-0.2, -0.15) is 0 Å². The van der Waals surface area contributed by atoms with E-state index in [9.17, 15) is 0 Å². The lowest BCUT2D eigenvalue weighted by Gasteiger charge is -2.16. The van der Waals surface area contributed by atoms with Gasteiger partial charge in [0.05, 0.1) is 0 Å². The van der Waals surface area contributed by atoms with E-state index in [0.29, 0.717) is 0 Å². The van der Waals surface area contributed by atoms with Gasteiger partial charge in [-0.25, -0.2) is 0 Å². The van der Waals surface area contributed by atoms with E-state index < -0.39 is 0 Å². The molecule has 1 aliphatic heterocycles. The first-order chi connectivity index (χ1) is 3.93. The molecule has 0 N–H and O–H groups in total. The molecule has 0 bridgehead atoms. The zero-order chi connectivity index (χ0) is 5.82. The Morgan fingerprint density at radius 1 is 1.50 bits per heavy atom. The summed E-state index contributed by atoms with van der Waals surface area (Å²) in [5.74, 6) is 0. The molecule has 1 nitrogen and oxygen atoms in total. The van der Waals surface area contributed by atoms with Crippen molar-refractivity contribution in [1.82, 2.24) is 4.90 Å². The minimum atomic E-state index is 0.862. The number of nitrogens with zero attached hydrogens (tertiary/aromatic N) is 1. The van der Waals surface area contributed by atoms with Crippen LogP contribution in [0.25, 0.3) is 0 Å². The quantitative estimate of drug-likeness (QED) is 0.488. The predicted octanol–water partition coefficient (Wildman–Crippen LogP) is 1.21. The van der Waals surface area contributed by atoms with Crippen LogP contribution in [-0.4, -0.2) is 18.0 Å². The molecule has 1 heterocycles. The highest BCUT2D eigenvalue weighted by molar-refractivity contribution is 5.08. The average molecular weight is 108 g/mol. The van der Waals surface area contributed by atoms with Gasteiger partial charge in [0.2, 0.25) is 0 Å². The second-order valence-corrected chi connectivity index (χ2v) is 1.76. The molecule has 0 saturated heterocycles. The zero-order valence-electron chi connectivity index (χ0n) is 4.88. The molecule has 1 aliphatic rings. The number of rotatable bonds is 1. The molecule has 43 valence electrons. The Morgan fingerprint density at radius 2 is 2.38 bits per heavy atom. The van der Waals surface area contributed by atoms with Crippen molar-refractivity contribution < 1.29 is 0 Å². The normalized spacial score (nSPS) is 17.4. The SMILES string of the molecule is [CH2]CN1C=CC=CC1. The first kappa shape index (κ1) is 5.42. The molecule has 0 aromatic rings. The number of hydrogen-bond donors (Lipinski definition) is 0. The summed E-state index contributed by atoms with van der Waals surface area (Å²) < 4.78 is 0. The van der Waals surface area contributed by atoms with Crippen LogP contribution in [0.3, 0.4) is 0 Å². The first-order valence-corrected chi connectivity index (χ1v) is 2.80. The van der Waals surface area contributed by atoms with Gasteiger partial charge >= 0.3 is 0 Å². The third-order valence-corrected chi connectivity index (χ3v) is 1.17. The number of allylic oxidation sites excluding steroid dienone is 2. The molecular weight excluding hydrogens is 98.1 g/mol. The van der Waals surface area contributed by atoms with Gasteiger partial charge in [0.1, 0.15) is 0 Å². The second-order valence-electron chi connectivity index (χ2n) is 1.76. The van der Waals surface area contributed by atoms with Crippen molar-refractivity contribution in [2.24, 2.45) is 0 Å². The summed E-state index contributed by atoms with van der Waals surface area (Å²) in [7, 11) is 0. The van der Waals surface area contributed by atoms with Crippen LogP contribution in [0, 0.1) is 6.92 Å². The highest BCUT2D eigenvalue weighted by Crippen LogP contribution is 1.95. The van der Waals surface area contributed by atoms with Gasteiger partial charge in [0, 0.05) is 13.1 Å². The fraction of sp³-hybridized carbons (Fsp3) is 0.286. The summed E-state index contributed by atoms with van der Waals surface area (Å²) in [5, 5.41) is 0. The van der Waals surface area contributed by atoms with Crippen molar-refractivity contribution in [1.29, 1.82) is 0 Å². The largest absolute Gasteiger partial charge is 0.374 e. The molecule has 0 fully saturated rings. The van der Waals surface area contributed by atoms with Crippen molar-refractivity contribution in [2.45, 2.75) is 0 Å². The standard InChI is InChI=1S/C7H10N/c1-2-8-6-4-3-5-7-8/h3-6H,1-2,7H2. The summed E-state index contributed by atoms with van der Waals surface area (Å²) >= 11 is 0. The lowest BCUT2D eigenvalue weighted by Crippen LogP contribution is -2.17. The van der Waals surface area contributed by atoms with E-state index in [0.717, 1.165) is 13.1 Å². The molecule has 0 saturated carbocycles. The monoisotopic (exact) mass is 108 g/mol. The van der Waals surface area contributed by atoms with Crippen molar-refractivity contribution in [3.63, 3.8) is 0 Å². The Balaban J connectivity index is 2.40. The summed E-state index contributed by atoms with van der Waals surface area (Å²) in [4.78, 5) is 2.14. The molecule has 8 heavy (non-hydrogen) atoms. The van der Waals surface area contributed by atoms with E-state index in [1.165, 1.54) is 0 Å². The lowest BCUT2D eigenvalue weighted by atomic mass is 10.3.